The summed E-state index contributed by atoms with van der Waals surface area (Å²) in [4.78, 5) is 0. The van der Waals surface area contributed by atoms with E-state index in [1.165, 1.54) is 0 Å². The smallest absolute Gasteiger partial charge is 0.152 e. The van der Waals surface area contributed by atoms with Crippen molar-refractivity contribution in [1.29, 1.82) is 0 Å². The summed E-state index contributed by atoms with van der Waals surface area (Å²) in [7, 11) is 0. The van der Waals surface area contributed by atoms with Crippen LogP contribution in [0.15, 0.2) is 0 Å². The second-order valence-corrected chi connectivity index (χ2v) is 2.19. The van der Waals surface area contributed by atoms with Crippen LogP contribution in [-0.2, 0) is 0 Å². The van der Waals surface area contributed by atoms with Gasteiger partial charge in [-0.1, -0.05) is 0 Å². The Kier molecular flexibility index (Phi) is 0.418. The van der Waals surface area contributed by atoms with Crippen LogP contribution in [0.5, 0.6) is 0 Å². The summed E-state index contributed by atoms with van der Waals surface area (Å²) in [5.41, 5.74) is 0.384. The molecule has 2 heterocycles. The number of hydrogen-bond acceptors (Lipinski definition) is 0. The summed E-state index contributed by atoms with van der Waals surface area (Å²) in [5.74, 6) is 0. The zero-order valence-corrected chi connectivity index (χ0v) is 4.78. The molecule has 0 aliphatic carbocycles. The van der Waals surface area contributed by atoms with Gasteiger partial charge in [0.1, 0.15) is 13.1 Å². The third-order valence-corrected chi connectivity index (χ3v) is 1.66. The predicted octanol–water partition coefficient (Wildman–Crippen LogP) is 1.03. The third kappa shape index (κ3) is 0.504. The quantitative estimate of drug-likeness (QED) is 0.414. The summed E-state index contributed by atoms with van der Waals surface area (Å²) in [6, 6.07) is 0. The molecule has 2 aliphatic rings. The molecule has 8 heavy (non-hydrogen) atoms. The van der Waals surface area contributed by atoms with Crippen molar-refractivity contribution in [3.63, 3.8) is 0 Å². The van der Waals surface area contributed by atoms with E-state index in [2.05, 4.69) is 0 Å². The van der Waals surface area contributed by atoms with Gasteiger partial charge in [-0.2, -0.15) is 0 Å². The van der Waals surface area contributed by atoms with Crippen molar-refractivity contribution in [2.45, 2.75) is 25.6 Å². The first-order valence-corrected chi connectivity index (χ1v) is 3.06. The maximum atomic E-state index is 7.62. The average Bonchev–Trinajstić information content (AvgIpc) is 2.36. The highest BCUT2D eigenvalue weighted by atomic mass is 15.0. The van der Waals surface area contributed by atoms with E-state index in [0.29, 0.717) is 31.6 Å². The van der Waals surface area contributed by atoms with Gasteiger partial charge in [-0.3, -0.25) is 0 Å². The molecule has 0 amide bonds. The number of nitrogens with zero attached hydrogens (tertiary/aromatic N) is 1. The molecule has 1 heteroatoms. The predicted molar refractivity (Wildman–Crippen MR) is 33.5 cm³/mol. The van der Waals surface area contributed by atoms with E-state index in [9.17, 15) is 0 Å². The Morgan fingerprint density at radius 1 is 1.25 bits per heavy atom. The van der Waals surface area contributed by atoms with Crippen LogP contribution in [0.1, 0.15) is 31.1 Å². The molecular weight excluding hydrogens is 98.1 g/mol. The van der Waals surface area contributed by atoms with E-state index in [4.69, 9.17) is 5.48 Å². The lowest BCUT2D eigenvalue weighted by Crippen LogP contribution is -2.06. The lowest BCUT2D eigenvalue weighted by Gasteiger charge is -1.85. The van der Waals surface area contributed by atoms with Crippen LogP contribution >= 0.6 is 0 Å². The molecule has 0 N–H and O–H groups in total. The summed E-state index contributed by atoms with van der Waals surface area (Å²) >= 11 is 0. The van der Waals surface area contributed by atoms with Crippen molar-refractivity contribution in [3.05, 3.63) is 0 Å². The molecule has 0 fully saturated rings. The van der Waals surface area contributed by atoms with Gasteiger partial charge in [0.2, 0.25) is 0 Å². The maximum Gasteiger partial charge on any atom is 0.152 e. The van der Waals surface area contributed by atoms with Crippen molar-refractivity contribution >= 4 is 5.71 Å². The summed E-state index contributed by atoms with van der Waals surface area (Å²) in [6.07, 6.45) is -1.91. The van der Waals surface area contributed by atoms with Gasteiger partial charge in [-0.05, 0) is 0 Å². The average molecular weight is 114 g/mol. The van der Waals surface area contributed by atoms with E-state index >= 15 is 0 Å². The molecule has 2 rings (SSSR count). The zero-order chi connectivity index (χ0) is 8.98. The van der Waals surface area contributed by atoms with Crippen LogP contribution in [0.3, 0.4) is 0 Å². The molecule has 0 atom stereocenters. The van der Waals surface area contributed by atoms with Crippen molar-refractivity contribution in [1.82, 2.24) is 0 Å². The van der Waals surface area contributed by atoms with Gasteiger partial charge >= 0.3 is 0 Å². The van der Waals surface area contributed by atoms with Crippen LogP contribution in [-0.4, -0.2) is 23.4 Å². The molecule has 44 valence electrons. The second-order valence-electron chi connectivity index (χ2n) is 2.19. The first-order chi connectivity index (χ1) is 5.43. The molecule has 2 aliphatic heterocycles. The first kappa shape index (κ1) is 2.13. The minimum atomic E-state index is -1.40. The molecule has 1 nitrogen and oxygen atoms in total. The molecule has 0 aromatic carbocycles. The normalized spacial score (nSPS) is 47.0. The van der Waals surface area contributed by atoms with E-state index in [-0.39, 0.29) is 0 Å². The Labute approximate surface area is 55.6 Å². The summed E-state index contributed by atoms with van der Waals surface area (Å²) in [6.45, 7) is 1.36. The van der Waals surface area contributed by atoms with Crippen molar-refractivity contribution in [2.24, 2.45) is 0 Å². The largest absolute Gasteiger partial charge is 0.237 e. The fraction of sp³-hybridized carbons (Fsp3) is 0.857. The van der Waals surface area contributed by atoms with Gasteiger partial charge in [0.05, 0.1) is 0 Å². The third-order valence-electron chi connectivity index (χ3n) is 1.66. The van der Waals surface area contributed by atoms with Gasteiger partial charge in [0.15, 0.2) is 5.71 Å². The fourth-order valence-electron chi connectivity index (χ4n) is 1.24. The van der Waals surface area contributed by atoms with Gasteiger partial charge in [0, 0.05) is 31.1 Å². The number of rotatable bonds is 0. The minimum Gasteiger partial charge on any atom is -0.237 e. The van der Waals surface area contributed by atoms with Crippen LogP contribution in [0.4, 0.5) is 0 Å². The molecule has 0 aromatic heterocycles. The standard InChI is InChI=1S/C7H12N/c1-3-7-4-2-6-8(7)5-1/h1-6H2/q+1/i3D2,4D2. The van der Waals surface area contributed by atoms with E-state index in [0.717, 1.165) is 0 Å². The minimum absolute atomic E-state index is 0.384. The fourth-order valence-corrected chi connectivity index (χ4v) is 1.24. The van der Waals surface area contributed by atoms with Crippen LogP contribution in [0.2, 0.25) is 0 Å². The lowest BCUT2D eigenvalue weighted by atomic mass is 10.2. The highest BCUT2D eigenvalue weighted by molar-refractivity contribution is 5.81. The van der Waals surface area contributed by atoms with Crippen LogP contribution < -0.4 is 0 Å². The monoisotopic (exact) mass is 114 g/mol. The Morgan fingerprint density at radius 2 is 1.88 bits per heavy atom. The Hall–Kier alpha value is -0.330. The lowest BCUT2D eigenvalue weighted by molar-refractivity contribution is -0.512. The Balaban J connectivity index is 2.43. The Bertz CT molecular complexity index is 232. The number of hydrogen-bond donors (Lipinski definition) is 0. The molecule has 0 saturated heterocycles. The second kappa shape index (κ2) is 1.57. The highest BCUT2D eigenvalue weighted by Gasteiger charge is 2.26. The molecule has 0 spiro atoms. The Morgan fingerprint density at radius 3 is 2.38 bits per heavy atom. The van der Waals surface area contributed by atoms with Crippen LogP contribution in [0.25, 0.3) is 0 Å². The SMILES string of the molecule is [2H]C1([2H])CC[N+]2=C1C([2H])([2H])CC2. The molecule has 0 bridgehead atoms. The van der Waals surface area contributed by atoms with Gasteiger partial charge in [-0.15, -0.1) is 0 Å². The molecule has 0 aromatic rings. The van der Waals surface area contributed by atoms with E-state index in [1.807, 2.05) is 4.58 Å². The first-order valence-electron chi connectivity index (χ1n) is 5.06. The zero-order valence-electron chi connectivity index (χ0n) is 8.78. The topological polar surface area (TPSA) is 3.01 Å². The summed E-state index contributed by atoms with van der Waals surface area (Å²) < 4.78 is 32.3. The summed E-state index contributed by atoms with van der Waals surface area (Å²) in [5, 5.41) is 0. The highest BCUT2D eigenvalue weighted by Crippen LogP contribution is 2.15. The molecule has 0 radical (unpaired) electrons. The van der Waals surface area contributed by atoms with Crippen LogP contribution in [0, 0.1) is 0 Å². The van der Waals surface area contributed by atoms with Crippen molar-refractivity contribution in [3.8, 4) is 0 Å². The maximum absolute atomic E-state index is 7.62. The van der Waals surface area contributed by atoms with Gasteiger partial charge in [0.25, 0.3) is 0 Å². The van der Waals surface area contributed by atoms with Crippen molar-refractivity contribution < 1.29 is 10.1 Å². The molecule has 0 unspecified atom stereocenters. The van der Waals surface area contributed by atoms with E-state index < -0.39 is 12.7 Å². The van der Waals surface area contributed by atoms with Gasteiger partial charge in [-0.25, -0.2) is 4.58 Å². The molecular formula is C7H12N+. The van der Waals surface area contributed by atoms with E-state index in [1.54, 1.807) is 0 Å². The molecule has 0 saturated carbocycles. The van der Waals surface area contributed by atoms with Crippen molar-refractivity contribution in [2.75, 3.05) is 13.1 Å². The van der Waals surface area contributed by atoms with Gasteiger partial charge < -0.3 is 0 Å².